The lowest BCUT2D eigenvalue weighted by atomic mass is 10.2. The predicted molar refractivity (Wildman–Crippen MR) is 73.2 cm³/mol. The van der Waals surface area contributed by atoms with Gasteiger partial charge in [0, 0.05) is 33.1 Å². The second-order valence-corrected chi connectivity index (χ2v) is 4.41. The molecule has 19 heavy (non-hydrogen) atoms. The van der Waals surface area contributed by atoms with Crippen LogP contribution in [0.2, 0.25) is 0 Å². The van der Waals surface area contributed by atoms with Crippen molar-refractivity contribution in [3.8, 4) is 0 Å². The third kappa shape index (κ3) is 5.83. The van der Waals surface area contributed by atoms with Gasteiger partial charge < -0.3 is 10.6 Å². The van der Waals surface area contributed by atoms with E-state index in [1.165, 1.54) is 11.8 Å². The Morgan fingerprint density at radius 1 is 0.947 bits per heavy atom. The first-order valence-electron chi connectivity index (χ1n) is 6.80. The molecular weight excluding hydrogens is 246 g/mol. The molecule has 0 saturated heterocycles. The van der Waals surface area contributed by atoms with Gasteiger partial charge in [-0.3, -0.25) is 19.3 Å². The number of imide groups is 1. The van der Waals surface area contributed by atoms with E-state index in [2.05, 4.69) is 0 Å². The predicted octanol–water partition coefficient (Wildman–Crippen LogP) is 0.359. The Morgan fingerprint density at radius 3 is 2.00 bits per heavy atom. The molecule has 0 unspecified atom stereocenters. The van der Waals surface area contributed by atoms with E-state index in [1.807, 2.05) is 13.8 Å². The molecule has 2 N–H and O–H groups in total. The molecule has 0 aliphatic rings. The van der Waals surface area contributed by atoms with Crippen LogP contribution in [0, 0.1) is 0 Å². The van der Waals surface area contributed by atoms with E-state index in [0.717, 1.165) is 24.2 Å². The van der Waals surface area contributed by atoms with E-state index in [9.17, 15) is 14.4 Å². The van der Waals surface area contributed by atoms with Gasteiger partial charge in [0.05, 0.1) is 0 Å². The fraction of sp³-hybridized carbons (Fsp3) is 0.769. The van der Waals surface area contributed by atoms with Crippen molar-refractivity contribution in [3.05, 3.63) is 0 Å². The number of carbonyl (C=O) groups is 3. The number of amides is 3. The Kier molecular flexibility index (Phi) is 8.78. The quantitative estimate of drug-likeness (QED) is 0.678. The largest absolute Gasteiger partial charge is 0.334 e. The maximum Gasteiger partial charge on any atom is 0.318 e. The van der Waals surface area contributed by atoms with Crippen LogP contribution in [0.5, 0.6) is 0 Å². The zero-order valence-electron chi connectivity index (χ0n) is 12.1. The summed E-state index contributed by atoms with van der Waals surface area (Å²) in [6.45, 7) is 6.53. The maximum atomic E-state index is 12.1. The Morgan fingerprint density at radius 2 is 1.58 bits per heavy atom. The van der Waals surface area contributed by atoms with Crippen LogP contribution < -0.4 is 5.73 Å². The molecule has 0 spiro atoms. The monoisotopic (exact) mass is 271 g/mol. The van der Waals surface area contributed by atoms with Crippen molar-refractivity contribution < 1.29 is 14.4 Å². The Balaban J connectivity index is 4.79. The van der Waals surface area contributed by atoms with Crippen LogP contribution in [0.1, 0.15) is 40.0 Å². The van der Waals surface area contributed by atoms with Crippen molar-refractivity contribution >= 4 is 17.7 Å². The molecule has 0 atom stereocenters. The first-order chi connectivity index (χ1) is 8.99. The van der Waals surface area contributed by atoms with Crippen molar-refractivity contribution in [1.29, 1.82) is 0 Å². The molecule has 0 saturated carbocycles. The van der Waals surface area contributed by atoms with Gasteiger partial charge in [0.15, 0.2) is 0 Å². The number of hydrogen-bond acceptors (Lipinski definition) is 4. The molecule has 0 aliphatic carbocycles. The highest BCUT2D eigenvalue weighted by atomic mass is 16.2. The molecule has 0 fully saturated rings. The summed E-state index contributed by atoms with van der Waals surface area (Å²) in [5, 5.41) is 0. The van der Waals surface area contributed by atoms with Gasteiger partial charge in [-0.1, -0.05) is 20.3 Å². The molecule has 0 rings (SSSR count). The van der Waals surface area contributed by atoms with Crippen molar-refractivity contribution in [1.82, 2.24) is 9.80 Å². The van der Waals surface area contributed by atoms with Crippen LogP contribution >= 0.6 is 0 Å². The molecule has 0 heterocycles. The zero-order chi connectivity index (χ0) is 14.8. The lowest BCUT2D eigenvalue weighted by Gasteiger charge is -2.24. The van der Waals surface area contributed by atoms with Gasteiger partial charge in [-0.2, -0.15) is 0 Å². The van der Waals surface area contributed by atoms with Crippen LogP contribution in [0.25, 0.3) is 0 Å². The molecule has 6 nitrogen and oxygen atoms in total. The summed E-state index contributed by atoms with van der Waals surface area (Å²) >= 11 is 0. The van der Waals surface area contributed by atoms with Crippen LogP contribution in [0.15, 0.2) is 0 Å². The highest BCUT2D eigenvalue weighted by molar-refractivity contribution is 6.37. The van der Waals surface area contributed by atoms with Gasteiger partial charge in [0.1, 0.15) is 0 Å². The Hall–Kier alpha value is -1.43. The summed E-state index contributed by atoms with van der Waals surface area (Å²) in [7, 11) is 0. The molecule has 0 radical (unpaired) electrons. The van der Waals surface area contributed by atoms with Crippen molar-refractivity contribution in [2.45, 2.75) is 40.0 Å². The van der Waals surface area contributed by atoms with Gasteiger partial charge in [0.2, 0.25) is 5.91 Å². The highest BCUT2D eigenvalue weighted by Crippen LogP contribution is 2.02. The molecule has 0 bridgehead atoms. The molecular formula is C13H25N3O3. The average molecular weight is 271 g/mol. The summed E-state index contributed by atoms with van der Waals surface area (Å²) in [5.74, 6) is -1.84. The first-order valence-corrected chi connectivity index (χ1v) is 6.80. The minimum atomic E-state index is -0.775. The third-order valence-corrected chi connectivity index (χ3v) is 2.72. The lowest BCUT2D eigenvalue weighted by molar-refractivity contribution is -0.156. The highest BCUT2D eigenvalue weighted by Gasteiger charge is 2.28. The van der Waals surface area contributed by atoms with E-state index in [4.69, 9.17) is 5.73 Å². The summed E-state index contributed by atoms with van der Waals surface area (Å²) in [5.41, 5.74) is 5.35. The molecule has 3 amide bonds. The van der Waals surface area contributed by atoms with Gasteiger partial charge >= 0.3 is 11.8 Å². The number of carbonyl (C=O) groups excluding carboxylic acids is 3. The van der Waals surface area contributed by atoms with Crippen LogP contribution in [0.4, 0.5) is 0 Å². The van der Waals surface area contributed by atoms with Crippen molar-refractivity contribution in [2.75, 3.05) is 26.2 Å². The fourth-order valence-corrected chi connectivity index (χ4v) is 1.72. The van der Waals surface area contributed by atoms with Crippen LogP contribution in [0.3, 0.4) is 0 Å². The van der Waals surface area contributed by atoms with E-state index < -0.39 is 17.7 Å². The van der Waals surface area contributed by atoms with Crippen LogP contribution in [-0.2, 0) is 14.4 Å². The summed E-state index contributed by atoms with van der Waals surface area (Å²) in [6.07, 6.45) is 2.57. The summed E-state index contributed by atoms with van der Waals surface area (Å²) in [4.78, 5) is 37.9. The minimum Gasteiger partial charge on any atom is -0.334 e. The number of rotatable bonds is 7. The Labute approximate surface area is 114 Å². The normalized spacial score (nSPS) is 10.1. The standard InChI is InChI=1S/C13H25N3O3/c1-4-6-9-15(8-5-2)12(18)13(19)16(10-7-14)11(3)17/h4-10,14H2,1-3H3. The summed E-state index contributed by atoms with van der Waals surface area (Å²) in [6, 6.07) is 0. The topological polar surface area (TPSA) is 83.7 Å². The SMILES string of the molecule is CCCCN(CCC)C(=O)C(=O)N(CCN)C(C)=O. The molecule has 0 aromatic heterocycles. The van der Waals surface area contributed by atoms with Gasteiger partial charge in [-0.15, -0.1) is 0 Å². The zero-order valence-corrected chi connectivity index (χ0v) is 12.1. The maximum absolute atomic E-state index is 12.1. The van der Waals surface area contributed by atoms with E-state index in [0.29, 0.717) is 13.1 Å². The van der Waals surface area contributed by atoms with E-state index in [1.54, 1.807) is 0 Å². The second-order valence-electron chi connectivity index (χ2n) is 4.41. The van der Waals surface area contributed by atoms with Gasteiger partial charge in [-0.25, -0.2) is 0 Å². The molecule has 6 heteroatoms. The van der Waals surface area contributed by atoms with Crippen molar-refractivity contribution in [2.24, 2.45) is 5.73 Å². The average Bonchev–Trinajstić information content (AvgIpc) is 2.38. The number of nitrogens with zero attached hydrogens (tertiary/aromatic N) is 2. The smallest absolute Gasteiger partial charge is 0.318 e. The first kappa shape index (κ1) is 17.6. The molecule has 0 aromatic rings. The lowest BCUT2D eigenvalue weighted by Crippen LogP contribution is -2.49. The molecule has 110 valence electrons. The third-order valence-electron chi connectivity index (χ3n) is 2.72. The number of hydrogen-bond donors (Lipinski definition) is 1. The van der Waals surface area contributed by atoms with E-state index >= 15 is 0 Å². The molecule has 0 aromatic carbocycles. The summed E-state index contributed by atoms with van der Waals surface area (Å²) < 4.78 is 0. The molecule has 0 aliphatic heterocycles. The van der Waals surface area contributed by atoms with Gasteiger partial charge in [0.25, 0.3) is 0 Å². The minimum absolute atomic E-state index is 0.0770. The fourth-order valence-electron chi connectivity index (χ4n) is 1.72. The number of nitrogens with two attached hydrogens (primary N) is 1. The van der Waals surface area contributed by atoms with E-state index in [-0.39, 0.29) is 13.1 Å². The number of unbranched alkanes of at least 4 members (excludes halogenated alkanes) is 1. The Bertz CT molecular complexity index is 318. The van der Waals surface area contributed by atoms with Gasteiger partial charge in [-0.05, 0) is 12.8 Å². The van der Waals surface area contributed by atoms with Crippen molar-refractivity contribution in [3.63, 3.8) is 0 Å². The van der Waals surface area contributed by atoms with Crippen LogP contribution in [-0.4, -0.2) is 53.7 Å². The second kappa shape index (κ2) is 9.49.